The Morgan fingerprint density at radius 2 is 1.85 bits per heavy atom. The average Bonchev–Trinajstić information content (AvgIpc) is 2.60. The monoisotopic (exact) mass is 355 g/mol. The molecule has 1 aliphatic heterocycles. The van der Waals surface area contributed by atoms with Gasteiger partial charge < -0.3 is 10.1 Å². The molecule has 136 valence electrons. The van der Waals surface area contributed by atoms with Gasteiger partial charge >= 0.3 is 5.97 Å². The lowest BCUT2D eigenvalue weighted by atomic mass is 9.83. The molecular formula is C21H22FNO3. The second kappa shape index (κ2) is 6.56. The Morgan fingerprint density at radius 1 is 1.19 bits per heavy atom. The van der Waals surface area contributed by atoms with Crippen LogP contribution in [0.4, 0.5) is 4.39 Å². The zero-order valence-electron chi connectivity index (χ0n) is 15.1. The van der Waals surface area contributed by atoms with Crippen molar-refractivity contribution >= 4 is 11.9 Å². The van der Waals surface area contributed by atoms with E-state index in [1.54, 1.807) is 37.3 Å². The second-order valence-electron chi connectivity index (χ2n) is 7.50. The molecule has 1 aliphatic rings. The third-order valence-electron chi connectivity index (χ3n) is 4.86. The largest absolute Gasteiger partial charge is 0.445 e. The standard InChI is InChI=1S/C21H22FNO3/c1-20(2,16-10-6-7-11-17(16)22)13-23-19(25)21(3)12-14-8-4-5-9-15(14)18(24)26-21/h4-11H,12-13H2,1-3H3,(H,23,25). The molecule has 0 aromatic heterocycles. The molecule has 1 amide bonds. The van der Waals surface area contributed by atoms with Gasteiger partial charge in [0.25, 0.3) is 5.91 Å². The first kappa shape index (κ1) is 18.1. The van der Waals surface area contributed by atoms with Crippen molar-refractivity contribution in [2.45, 2.75) is 38.2 Å². The molecule has 1 unspecified atom stereocenters. The van der Waals surface area contributed by atoms with Crippen molar-refractivity contribution in [3.05, 3.63) is 71.0 Å². The van der Waals surface area contributed by atoms with E-state index in [4.69, 9.17) is 4.74 Å². The van der Waals surface area contributed by atoms with Gasteiger partial charge in [-0.15, -0.1) is 0 Å². The Labute approximate surface area is 152 Å². The highest BCUT2D eigenvalue weighted by Crippen LogP contribution is 2.29. The van der Waals surface area contributed by atoms with Crippen LogP contribution in [0.3, 0.4) is 0 Å². The van der Waals surface area contributed by atoms with Gasteiger partial charge in [-0.3, -0.25) is 4.79 Å². The molecule has 4 nitrogen and oxygen atoms in total. The van der Waals surface area contributed by atoms with E-state index in [1.807, 2.05) is 26.0 Å². The van der Waals surface area contributed by atoms with Gasteiger partial charge in [0.05, 0.1) is 5.56 Å². The van der Waals surface area contributed by atoms with Gasteiger partial charge in [0.15, 0.2) is 5.60 Å². The third-order valence-corrected chi connectivity index (χ3v) is 4.86. The van der Waals surface area contributed by atoms with Crippen LogP contribution in [-0.2, 0) is 21.4 Å². The lowest BCUT2D eigenvalue weighted by Gasteiger charge is -2.34. The molecule has 2 aromatic carbocycles. The Morgan fingerprint density at radius 3 is 2.58 bits per heavy atom. The van der Waals surface area contributed by atoms with Gasteiger partial charge in [-0.25, -0.2) is 9.18 Å². The molecule has 2 aromatic rings. The maximum absolute atomic E-state index is 14.1. The Kier molecular flexibility index (Phi) is 4.57. The van der Waals surface area contributed by atoms with Crippen LogP contribution in [0.5, 0.6) is 0 Å². The number of hydrogen-bond acceptors (Lipinski definition) is 3. The number of fused-ring (bicyclic) bond motifs is 1. The van der Waals surface area contributed by atoms with Crippen LogP contribution in [0.2, 0.25) is 0 Å². The van der Waals surface area contributed by atoms with Gasteiger partial charge in [0.1, 0.15) is 5.82 Å². The van der Waals surface area contributed by atoms with Gasteiger partial charge in [-0.1, -0.05) is 50.2 Å². The molecule has 0 spiro atoms. The van der Waals surface area contributed by atoms with Crippen molar-refractivity contribution in [2.75, 3.05) is 6.54 Å². The summed E-state index contributed by atoms with van der Waals surface area (Å²) in [6, 6.07) is 13.6. The molecule has 0 saturated heterocycles. The molecule has 26 heavy (non-hydrogen) atoms. The Bertz CT molecular complexity index is 862. The van der Waals surface area contributed by atoms with Crippen LogP contribution in [0.1, 0.15) is 42.3 Å². The number of cyclic esters (lactones) is 1. The van der Waals surface area contributed by atoms with Crippen molar-refractivity contribution in [1.82, 2.24) is 5.32 Å². The highest BCUT2D eigenvalue weighted by atomic mass is 19.1. The molecule has 0 radical (unpaired) electrons. The number of amides is 1. The number of benzene rings is 2. The summed E-state index contributed by atoms with van der Waals surface area (Å²) >= 11 is 0. The molecular weight excluding hydrogens is 333 g/mol. The number of carbonyl (C=O) groups is 2. The first-order valence-corrected chi connectivity index (χ1v) is 8.57. The highest BCUT2D eigenvalue weighted by molar-refractivity contribution is 5.97. The number of carbonyl (C=O) groups excluding carboxylic acids is 2. The van der Waals surface area contributed by atoms with Crippen LogP contribution >= 0.6 is 0 Å². The maximum Gasteiger partial charge on any atom is 0.339 e. The quantitative estimate of drug-likeness (QED) is 0.856. The second-order valence-corrected chi connectivity index (χ2v) is 7.50. The average molecular weight is 355 g/mol. The fourth-order valence-electron chi connectivity index (χ4n) is 3.25. The smallest absolute Gasteiger partial charge is 0.339 e. The van der Waals surface area contributed by atoms with Gasteiger partial charge in [-0.2, -0.15) is 0 Å². The van der Waals surface area contributed by atoms with Gasteiger partial charge in [0, 0.05) is 18.4 Å². The minimum Gasteiger partial charge on any atom is -0.445 e. The van der Waals surface area contributed by atoms with Crippen LogP contribution in [0, 0.1) is 5.82 Å². The number of halogens is 1. The number of hydrogen-bond donors (Lipinski definition) is 1. The predicted octanol–water partition coefficient (Wildman–Crippen LogP) is 3.39. The van der Waals surface area contributed by atoms with Crippen molar-refractivity contribution in [3.8, 4) is 0 Å². The van der Waals surface area contributed by atoms with Crippen LogP contribution < -0.4 is 5.32 Å². The zero-order valence-corrected chi connectivity index (χ0v) is 15.1. The van der Waals surface area contributed by atoms with E-state index in [1.165, 1.54) is 6.07 Å². The summed E-state index contributed by atoms with van der Waals surface area (Å²) < 4.78 is 19.5. The number of esters is 1. The van der Waals surface area contributed by atoms with Crippen LogP contribution in [-0.4, -0.2) is 24.0 Å². The first-order valence-electron chi connectivity index (χ1n) is 8.57. The molecule has 1 N–H and O–H groups in total. The molecule has 1 heterocycles. The van der Waals surface area contributed by atoms with E-state index >= 15 is 0 Å². The summed E-state index contributed by atoms with van der Waals surface area (Å²) in [6.45, 7) is 5.54. The molecule has 3 rings (SSSR count). The summed E-state index contributed by atoms with van der Waals surface area (Å²) in [4.78, 5) is 25.0. The molecule has 5 heteroatoms. The summed E-state index contributed by atoms with van der Waals surface area (Å²) in [5.41, 5.74) is -0.0827. The van der Waals surface area contributed by atoms with Crippen molar-refractivity contribution < 1.29 is 18.7 Å². The first-order chi connectivity index (χ1) is 12.2. The number of nitrogens with one attached hydrogen (secondary N) is 1. The minimum atomic E-state index is -1.28. The summed E-state index contributed by atoms with van der Waals surface area (Å²) in [7, 11) is 0. The zero-order chi connectivity index (χ0) is 18.9. The molecule has 1 atom stereocenters. The summed E-state index contributed by atoms with van der Waals surface area (Å²) in [5.74, 6) is -1.20. The van der Waals surface area contributed by atoms with E-state index < -0.39 is 17.0 Å². The lowest BCUT2D eigenvalue weighted by Crippen LogP contribution is -2.53. The maximum atomic E-state index is 14.1. The van der Waals surface area contributed by atoms with E-state index in [9.17, 15) is 14.0 Å². The van der Waals surface area contributed by atoms with Crippen molar-refractivity contribution in [3.63, 3.8) is 0 Å². The SMILES string of the molecule is CC1(C(=O)NCC(C)(C)c2ccccc2F)Cc2ccccc2C(=O)O1. The van der Waals surface area contributed by atoms with Gasteiger partial charge in [-0.05, 0) is 30.2 Å². The van der Waals surface area contributed by atoms with E-state index in [-0.39, 0.29) is 18.3 Å². The van der Waals surface area contributed by atoms with Crippen LogP contribution in [0.25, 0.3) is 0 Å². The van der Waals surface area contributed by atoms with Gasteiger partial charge in [0.2, 0.25) is 0 Å². The highest BCUT2D eigenvalue weighted by Gasteiger charge is 2.43. The van der Waals surface area contributed by atoms with E-state index in [0.717, 1.165) is 5.56 Å². The molecule has 0 saturated carbocycles. The predicted molar refractivity (Wildman–Crippen MR) is 96.4 cm³/mol. The number of rotatable bonds is 4. The molecule has 0 fully saturated rings. The summed E-state index contributed by atoms with van der Waals surface area (Å²) in [6.07, 6.45) is 0.306. The summed E-state index contributed by atoms with van der Waals surface area (Å²) in [5, 5.41) is 2.83. The topological polar surface area (TPSA) is 55.4 Å². The fraction of sp³-hybridized carbons (Fsp3) is 0.333. The fourth-order valence-corrected chi connectivity index (χ4v) is 3.25. The molecule has 0 bridgehead atoms. The lowest BCUT2D eigenvalue weighted by molar-refractivity contribution is -0.140. The third kappa shape index (κ3) is 3.34. The van der Waals surface area contributed by atoms with E-state index in [2.05, 4.69) is 5.32 Å². The van der Waals surface area contributed by atoms with Crippen LogP contribution in [0.15, 0.2) is 48.5 Å². The van der Waals surface area contributed by atoms with E-state index in [0.29, 0.717) is 17.5 Å². The normalized spacial score (nSPS) is 19.5. The number of ether oxygens (including phenoxy) is 1. The Balaban J connectivity index is 1.74. The molecule has 0 aliphatic carbocycles. The van der Waals surface area contributed by atoms with Crippen molar-refractivity contribution in [2.24, 2.45) is 0 Å². The van der Waals surface area contributed by atoms with Crippen molar-refractivity contribution in [1.29, 1.82) is 0 Å². The minimum absolute atomic E-state index is 0.224. The Hall–Kier alpha value is -2.69.